The standard InChI is InChI=1S/C61H100O6/c1-4-7-10-13-16-19-22-25-28-30-33-36-39-42-45-48-51-54-60(63)66-57-58(56-65-59(62)53-50-47-44-41-38-35-32-27-24-21-18-15-12-9-6-3)67-61(64)55-52-49-46-43-40-37-34-31-29-26-23-20-17-14-11-8-5-2/h8,11,17-18,20-21,25-29,32,34,37-38,41,43,46,58H,4-7,9-10,12-16,19,22-24,30-31,33,35-36,39-40,42,44-45,47-57H2,1-3H3/b11-8-,20-17-,21-18-,28-25-,29-26-,32-27-,37-34-,41-38-,46-43-/t58-/m1/s1. The molecular formula is C61H100O6. The summed E-state index contributed by atoms with van der Waals surface area (Å²) in [5.74, 6) is -1.02. The highest BCUT2D eigenvalue weighted by Crippen LogP contribution is 2.13. The Bertz CT molecular complexity index is 1390. The van der Waals surface area contributed by atoms with E-state index in [1.165, 1.54) is 103 Å². The van der Waals surface area contributed by atoms with E-state index < -0.39 is 6.10 Å². The summed E-state index contributed by atoms with van der Waals surface area (Å²) in [6.45, 7) is 6.40. The van der Waals surface area contributed by atoms with E-state index in [4.69, 9.17) is 14.2 Å². The number of carbonyl (C=O) groups is 3. The van der Waals surface area contributed by atoms with Gasteiger partial charge in [-0.2, -0.15) is 0 Å². The molecular weight excluding hydrogens is 829 g/mol. The van der Waals surface area contributed by atoms with Crippen molar-refractivity contribution in [1.29, 1.82) is 0 Å². The third-order valence-corrected chi connectivity index (χ3v) is 11.2. The molecule has 0 aromatic rings. The molecule has 67 heavy (non-hydrogen) atoms. The summed E-state index contributed by atoms with van der Waals surface area (Å²) < 4.78 is 16.7. The van der Waals surface area contributed by atoms with Crippen molar-refractivity contribution in [2.45, 2.75) is 245 Å². The Kier molecular flexibility index (Phi) is 51.5. The van der Waals surface area contributed by atoms with Gasteiger partial charge >= 0.3 is 17.9 Å². The van der Waals surface area contributed by atoms with Crippen LogP contribution in [-0.2, 0) is 28.6 Å². The number of ether oxygens (including phenoxy) is 3. The molecule has 0 N–H and O–H groups in total. The predicted molar refractivity (Wildman–Crippen MR) is 288 cm³/mol. The van der Waals surface area contributed by atoms with Crippen LogP contribution in [0, 0.1) is 0 Å². The highest BCUT2D eigenvalue weighted by molar-refractivity contribution is 5.71. The maximum atomic E-state index is 12.8. The van der Waals surface area contributed by atoms with Gasteiger partial charge < -0.3 is 14.2 Å². The van der Waals surface area contributed by atoms with Crippen LogP contribution in [0.5, 0.6) is 0 Å². The van der Waals surface area contributed by atoms with Crippen LogP contribution < -0.4 is 0 Å². The molecule has 0 aliphatic rings. The molecule has 0 aliphatic heterocycles. The Morgan fingerprint density at radius 2 is 0.597 bits per heavy atom. The first-order chi connectivity index (χ1) is 33.0. The molecule has 0 amide bonds. The normalized spacial score (nSPS) is 12.9. The summed E-state index contributed by atoms with van der Waals surface area (Å²) in [6, 6.07) is 0. The molecule has 0 bridgehead atoms. The van der Waals surface area contributed by atoms with Gasteiger partial charge in [0.2, 0.25) is 0 Å². The van der Waals surface area contributed by atoms with Crippen molar-refractivity contribution in [2.24, 2.45) is 0 Å². The number of hydrogen-bond acceptors (Lipinski definition) is 6. The van der Waals surface area contributed by atoms with Crippen LogP contribution in [-0.4, -0.2) is 37.2 Å². The molecule has 0 saturated carbocycles. The zero-order valence-electron chi connectivity index (χ0n) is 43.4. The highest BCUT2D eigenvalue weighted by atomic mass is 16.6. The van der Waals surface area contributed by atoms with Gasteiger partial charge in [-0.25, -0.2) is 0 Å². The van der Waals surface area contributed by atoms with Gasteiger partial charge in [-0.1, -0.05) is 207 Å². The van der Waals surface area contributed by atoms with Gasteiger partial charge in [0, 0.05) is 19.3 Å². The van der Waals surface area contributed by atoms with Crippen molar-refractivity contribution in [1.82, 2.24) is 0 Å². The monoisotopic (exact) mass is 929 g/mol. The average molecular weight is 929 g/mol. The molecule has 380 valence electrons. The van der Waals surface area contributed by atoms with Crippen LogP contribution >= 0.6 is 0 Å². The van der Waals surface area contributed by atoms with E-state index in [-0.39, 0.29) is 37.5 Å². The molecule has 1 atom stereocenters. The summed E-state index contributed by atoms with van der Waals surface area (Å²) in [7, 11) is 0. The van der Waals surface area contributed by atoms with Gasteiger partial charge in [-0.15, -0.1) is 0 Å². The zero-order valence-corrected chi connectivity index (χ0v) is 43.4. The molecule has 6 heteroatoms. The number of hydrogen-bond donors (Lipinski definition) is 0. The van der Waals surface area contributed by atoms with Crippen LogP contribution in [0.25, 0.3) is 0 Å². The third-order valence-electron chi connectivity index (χ3n) is 11.2. The topological polar surface area (TPSA) is 78.9 Å². The lowest BCUT2D eigenvalue weighted by atomic mass is 10.1. The predicted octanol–water partition coefficient (Wildman–Crippen LogP) is 18.3. The van der Waals surface area contributed by atoms with Crippen molar-refractivity contribution in [2.75, 3.05) is 13.2 Å². The van der Waals surface area contributed by atoms with Crippen LogP contribution in [0.3, 0.4) is 0 Å². The molecule has 0 aliphatic carbocycles. The molecule has 0 heterocycles. The van der Waals surface area contributed by atoms with E-state index in [0.717, 1.165) is 83.5 Å². The SMILES string of the molecule is CC/C=C\C/C=C\C/C=C\C/C=C\C/C=C\CCCC(=O)O[C@H](COC(=O)CCCC/C=C\C/C=C\C/C=C\CCCCC)COC(=O)CCCCCCCCC/C=C\CCCCCCCC. The Balaban J connectivity index is 4.55. The first-order valence-corrected chi connectivity index (χ1v) is 27.4. The van der Waals surface area contributed by atoms with E-state index in [2.05, 4.69) is 130 Å². The van der Waals surface area contributed by atoms with Gasteiger partial charge in [0.15, 0.2) is 6.10 Å². The quantitative estimate of drug-likeness (QED) is 0.0262. The van der Waals surface area contributed by atoms with Gasteiger partial charge in [-0.3, -0.25) is 14.4 Å². The van der Waals surface area contributed by atoms with Gasteiger partial charge in [-0.05, 0) is 122 Å². The first-order valence-electron chi connectivity index (χ1n) is 27.4. The summed E-state index contributed by atoms with van der Waals surface area (Å²) in [4.78, 5) is 38.1. The average Bonchev–Trinajstić information content (AvgIpc) is 3.33. The highest BCUT2D eigenvalue weighted by Gasteiger charge is 2.19. The molecule has 0 aromatic heterocycles. The first kappa shape index (κ1) is 63.1. The molecule has 0 saturated heterocycles. The molecule has 0 fully saturated rings. The second-order valence-electron chi connectivity index (χ2n) is 17.7. The van der Waals surface area contributed by atoms with Crippen molar-refractivity contribution < 1.29 is 28.6 Å². The van der Waals surface area contributed by atoms with E-state index >= 15 is 0 Å². The lowest BCUT2D eigenvalue weighted by molar-refractivity contribution is -0.167. The van der Waals surface area contributed by atoms with Crippen LogP contribution in [0.4, 0.5) is 0 Å². The van der Waals surface area contributed by atoms with Crippen molar-refractivity contribution in [3.63, 3.8) is 0 Å². The second-order valence-corrected chi connectivity index (χ2v) is 17.7. The Morgan fingerprint density at radius 1 is 0.313 bits per heavy atom. The van der Waals surface area contributed by atoms with Crippen LogP contribution in [0.2, 0.25) is 0 Å². The van der Waals surface area contributed by atoms with Crippen molar-refractivity contribution in [3.8, 4) is 0 Å². The summed E-state index contributed by atoms with van der Waals surface area (Å²) in [5.41, 5.74) is 0. The minimum absolute atomic E-state index is 0.117. The molecule has 0 radical (unpaired) electrons. The second kappa shape index (κ2) is 54.7. The maximum absolute atomic E-state index is 12.8. The van der Waals surface area contributed by atoms with E-state index in [1.807, 2.05) is 0 Å². The lowest BCUT2D eigenvalue weighted by Crippen LogP contribution is -2.30. The Morgan fingerprint density at radius 3 is 1.03 bits per heavy atom. The Labute approximate surface area is 412 Å². The smallest absolute Gasteiger partial charge is 0.306 e. The number of esters is 3. The van der Waals surface area contributed by atoms with Crippen molar-refractivity contribution >= 4 is 17.9 Å². The largest absolute Gasteiger partial charge is 0.462 e. The molecule has 0 spiro atoms. The van der Waals surface area contributed by atoms with E-state index in [9.17, 15) is 14.4 Å². The number of allylic oxidation sites excluding steroid dienone is 18. The number of unbranched alkanes of at least 4 members (excludes halogenated alkanes) is 19. The Hall–Kier alpha value is -3.93. The van der Waals surface area contributed by atoms with Crippen LogP contribution in [0.1, 0.15) is 239 Å². The maximum Gasteiger partial charge on any atom is 0.306 e. The van der Waals surface area contributed by atoms with Gasteiger partial charge in [0.1, 0.15) is 13.2 Å². The summed E-state index contributed by atoms with van der Waals surface area (Å²) >= 11 is 0. The third kappa shape index (κ3) is 52.9. The van der Waals surface area contributed by atoms with Crippen LogP contribution in [0.15, 0.2) is 109 Å². The fourth-order valence-electron chi connectivity index (χ4n) is 7.13. The summed E-state index contributed by atoms with van der Waals surface area (Å²) in [6.07, 6.45) is 73.7. The molecule has 0 aromatic carbocycles. The van der Waals surface area contributed by atoms with E-state index in [0.29, 0.717) is 25.7 Å². The lowest BCUT2D eigenvalue weighted by Gasteiger charge is -2.18. The molecule has 0 unspecified atom stereocenters. The zero-order chi connectivity index (χ0) is 48.6. The van der Waals surface area contributed by atoms with Gasteiger partial charge in [0.05, 0.1) is 0 Å². The summed E-state index contributed by atoms with van der Waals surface area (Å²) in [5, 5.41) is 0. The minimum Gasteiger partial charge on any atom is -0.462 e. The van der Waals surface area contributed by atoms with Crippen molar-refractivity contribution in [3.05, 3.63) is 109 Å². The fraction of sp³-hybridized carbons (Fsp3) is 0.656. The molecule has 6 nitrogen and oxygen atoms in total. The number of rotatable bonds is 48. The van der Waals surface area contributed by atoms with Gasteiger partial charge in [0.25, 0.3) is 0 Å². The fourth-order valence-corrected chi connectivity index (χ4v) is 7.13. The minimum atomic E-state index is -0.827. The van der Waals surface area contributed by atoms with E-state index in [1.54, 1.807) is 0 Å². The molecule has 0 rings (SSSR count). The number of carbonyl (C=O) groups excluding carboxylic acids is 3.